The van der Waals surface area contributed by atoms with Gasteiger partial charge in [0.25, 0.3) is 0 Å². The average molecular weight is 433 g/mol. The molecular weight excluding hydrogens is 408 g/mol. The Morgan fingerprint density at radius 2 is 1.74 bits per heavy atom. The molecule has 1 unspecified atom stereocenters. The Morgan fingerprint density at radius 1 is 1.03 bits per heavy atom. The van der Waals surface area contributed by atoms with Crippen LogP contribution in [0, 0.1) is 17.6 Å². The number of ether oxygens (including phenoxy) is 1. The minimum Gasteiger partial charge on any atom is -0.469 e. The molecule has 2 rings (SSSR count). The molecule has 0 radical (unpaired) electrons. The third-order valence-electron chi connectivity index (χ3n) is 4.40. The fourth-order valence-electron chi connectivity index (χ4n) is 2.91. The van der Waals surface area contributed by atoms with Crippen molar-refractivity contribution in [3.05, 3.63) is 65.7 Å². The SMILES string of the molecule is COC(=O)C(C)CN(CC(=O)NCC(=O)Nc1ccc(F)c(F)c1)Cc1ccccc1. The summed E-state index contributed by atoms with van der Waals surface area (Å²) in [4.78, 5) is 37.9. The molecule has 1 atom stereocenters. The number of anilines is 1. The van der Waals surface area contributed by atoms with Gasteiger partial charge in [0.1, 0.15) is 0 Å². The van der Waals surface area contributed by atoms with Crippen molar-refractivity contribution in [2.45, 2.75) is 13.5 Å². The number of benzene rings is 2. The molecule has 7 nitrogen and oxygen atoms in total. The van der Waals surface area contributed by atoms with E-state index < -0.39 is 29.4 Å². The molecule has 0 aliphatic carbocycles. The zero-order valence-corrected chi connectivity index (χ0v) is 17.4. The molecule has 0 saturated carbocycles. The zero-order valence-electron chi connectivity index (χ0n) is 17.4. The normalized spacial score (nSPS) is 11.6. The van der Waals surface area contributed by atoms with Crippen LogP contribution in [0.15, 0.2) is 48.5 Å². The maximum atomic E-state index is 13.2. The molecule has 2 aromatic rings. The van der Waals surface area contributed by atoms with E-state index in [0.29, 0.717) is 6.54 Å². The Bertz CT molecular complexity index is 909. The highest BCUT2D eigenvalue weighted by Crippen LogP contribution is 2.13. The summed E-state index contributed by atoms with van der Waals surface area (Å²) in [6.07, 6.45) is 0. The van der Waals surface area contributed by atoms with Crippen LogP contribution >= 0.6 is 0 Å². The van der Waals surface area contributed by atoms with Gasteiger partial charge in [0.05, 0.1) is 26.1 Å². The highest BCUT2D eigenvalue weighted by atomic mass is 19.2. The van der Waals surface area contributed by atoms with Crippen LogP contribution in [-0.4, -0.2) is 49.4 Å². The van der Waals surface area contributed by atoms with Crippen LogP contribution in [0.4, 0.5) is 14.5 Å². The van der Waals surface area contributed by atoms with Crippen molar-refractivity contribution in [1.29, 1.82) is 0 Å². The van der Waals surface area contributed by atoms with Gasteiger partial charge in [0.2, 0.25) is 11.8 Å². The monoisotopic (exact) mass is 433 g/mol. The van der Waals surface area contributed by atoms with Gasteiger partial charge in [-0.05, 0) is 17.7 Å². The van der Waals surface area contributed by atoms with E-state index in [1.165, 1.54) is 13.2 Å². The molecule has 0 spiro atoms. The van der Waals surface area contributed by atoms with Gasteiger partial charge in [-0.15, -0.1) is 0 Å². The summed E-state index contributed by atoms with van der Waals surface area (Å²) in [7, 11) is 1.30. The molecule has 0 bridgehead atoms. The van der Waals surface area contributed by atoms with Crippen molar-refractivity contribution in [2.24, 2.45) is 5.92 Å². The van der Waals surface area contributed by atoms with Gasteiger partial charge < -0.3 is 15.4 Å². The number of carbonyl (C=O) groups excluding carboxylic acids is 3. The number of nitrogens with zero attached hydrogens (tertiary/aromatic N) is 1. The van der Waals surface area contributed by atoms with Gasteiger partial charge in [-0.1, -0.05) is 37.3 Å². The lowest BCUT2D eigenvalue weighted by Gasteiger charge is -2.24. The summed E-state index contributed by atoms with van der Waals surface area (Å²) in [5, 5.41) is 4.86. The molecule has 0 aromatic heterocycles. The molecule has 2 amide bonds. The van der Waals surface area contributed by atoms with Crippen molar-refractivity contribution in [2.75, 3.05) is 32.1 Å². The maximum absolute atomic E-state index is 13.2. The summed E-state index contributed by atoms with van der Waals surface area (Å²) in [5.41, 5.74) is 1.04. The van der Waals surface area contributed by atoms with Crippen LogP contribution in [0.1, 0.15) is 12.5 Å². The Hall–Kier alpha value is -3.33. The van der Waals surface area contributed by atoms with Gasteiger partial charge >= 0.3 is 5.97 Å². The number of carbonyl (C=O) groups is 3. The van der Waals surface area contributed by atoms with E-state index in [4.69, 9.17) is 4.74 Å². The second kappa shape index (κ2) is 11.8. The third-order valence-corrected chi connectivity index (χ3v) is 4.40. The Kier molecular flexibility index (Phi) is 9.08. The standard InChI is InChI=1S/C22H25F2N3O4/c1-15(22(30)31-2)12-27(13-16-6-4-3-5-7-16)14-21(29)25-11-20(28)26-17-8-9-18(23)19(24)10-17/h3-10,15H,11-14H2,1-2H3,(H,25,29)(H,26,28). The Labute approximate surface area is 179 Å². The Balaban J connectivity index is 1.91. The maximum Gasteiger partial charge on any atom is 0.309 e. The van der Waals surface area contributed by atoms with Crippen molar-refractivity contribution < 1.29 is 27.9 Å². The van der Waals surface area contributed by atoms with E-state index in [0.717, 1.165) is 17.7 Å². The van der Waals surface area contributed by atoms with E-state index in [-0.39, 0.29) is 31.3 Å². The van der Waals surface area contributed by atoms with Crippen LogP contribution in [0.5, 0.6) is 0 Å². The highest BCUT2D eigenvalue weighted by molar-refractivity contribution is 5.94. The zero-order chi connectivity index (χ0) is 22.8. The number of esters is 1. The fourth-order valence-corrected chi connectivity index (χ4v) is 2.91. The molecule has 0 saturated heterocycles. The minimum atomic E-state index is -1.09. The van der Waals surface area contributed by atoms with E-state index in [1.807, 2.05) is 30.3 Å². The van der Waals surface area contributed by atoms with E-state index in [1.54, 1.807) is 11.8 Å². The number of nitrogens with one attached hydrogen (secondary N) is 2. The number of halogens is 2. The number of rotatable bonds is 10. The number of hydrogen-bond donors (Lipinski definition) is 2. The summed E-state index contributed by atoms with van der Waals surface area (Å²) in [5.74, 6) is -3.95. The summed E-state index contributed by atoms with van der Waals surface area (Å²) < 4.78 is 30.9. The first-order valence-corrected chi connectivity index (χ1v) is 9.64. The lowest BCUT2D eigenvalue weighted by atomic mass is 10.1. The first-order valence-electron chi connectivity index (χ1n) is 9.64. The molecule has 2 N–H and O–H groups in total. The highest BCUT2D eigenvalue weighted by Gasteiger charge is 2.20. The van der Waals surface area contributed by atoms with Crippen LogP contribution in [-0.2, 0) is 25.7 Å². The molecular formula is C22H25F2N3O4. The van der Waals surface area contributed by atoms with E-state index in [9.17, 15) is 23.2 Å². The van der Waals surface area contributed by atoms with Crippen molar-refractivity contribution in [1.82, 2.24) is 10.2 Å². The summed E-state index contributed by atoms with van der Waals surface area (Å²) in [6, 6.07) is 12.4. The van der Waals surface area contributed by atoms with Crippen LogP contribution < -0.4 is 10.6 Å². The molecule has 0 aliphatic heterocycles. The second-order valence-electron chi connectivity index (χ2n) is 7.03. The molecule has 2 aromatic carbocycles. The first-order chi connectivity index (χ1) is 14.8. The largest absolute Gasteiger partial charge is 0.469 e. The first kappa shape index (κ1) is 23.9. The van der Waals surface area contributed by atoms with Crippen LogP contribution in [0.3, 0.4) is 0 Å². The van der Waals surface area contributed by atoms with Crippen molar-refractivity contribution in [3.8, 4) is 0 Å². The van der Waals surface area contributed by atoms with Gasteiger partial charge in [-0.2, -0.15) is 0 Å². The van der Waals surface area contributed by atoms with Gasteiger partial charge in [0.15, 0.2) is 11.6 Å². The quantitative estimate of drug-likeness (QED) is 0.562. The van der Waals surface area contributed by atoms with Crippen LogP contribution in [0.25, 0.3) is 0 Å². The number of methoxy groups -OCH3 is 1. The van der Waals surface area contributed by atoms with Crippen molar-refractivity contribution >= 4 is 23.5 Å². The predicted molar refractivity (Wildman–Crippen MR) is 111 cm³/mol. The van der Waals surface area contributed by atoms with Gasteiger partial charge in [0, 0.05) is 24.8 Å². The molecule has 0 aliphatic rings. The van der Waals surface area contributed by atoms with Crippen LogP contribution in [0.2, 0.25) is 0 Å². The number of hydrogen-bond acceptors (Lipinski definition) is 5. The third kappa shape index (κ3) is 8.13. The Morgan fingerprint density at radius 3 is 2.39 bits per heavy atom. The lowest BCUT2D eigenvalue weighted by Crippen LogP contribution is -2.42. The van der Waals surface area contributed by atoms with E-state index >= 15 is 0 Å². The molecule has 9 heteroatoms. The fraction of sp³-hybridized carbons (Fsp3) is 0.318. The smallest absolute Gasteiger partial charge is 0.309 e. The molecule has 0 fully saturated rings. The summed E-state index contributed by atoms with van der Waals surface area (Å²) in [6.45, 7) is 2.03. The summed E-state index contributed by atoms with van der Waals surface area (Å²) >= 11 is 0. The van der Waals surface area contributed by atoms with Gasteiger partial charge in [-0.25, -0.2) is 8.78 Å². The van der Waals surface area contributed by atoms with E-state index in [2.05, 4.69) is 10.6 Å². The minimum absolute atomic E-state index is 0.0469. The topological polar surface area (TPSA) is 87.7 Å². The van der Waals surface area contributed by atoms with Crippen molar-refractivity contribution in [3.63, 3.8) is 0 Å². The van der Waals surface area contributed by atoms with Gasteiger partial charge in [-0.3, -0.25) is 19.3 Å². The average Bonchev–Trinajstić information content (AvgIpc) is 2.75. The molecule has 0 heterocycles. The second-order valence-corrected chi connectivity index (χ2v) is 7.03. The number of amides is 2. The predicted octanol–water partition coefficient (Wildman–Crippen LogP) is 2.33. The molecule has 166 valence electrons. The molecule has 31 heavy (non-hydrogen) atoms. The lowest BCUT2D eigenvalue weighted by molar-refractivity contribution is -0.145.